The van der Waals surface area contributed by atoms with Crippen LogP contribution in [0.25, 0.3) is 21.5 Å². The van der Waals surface area contributed by atoms with Crippen LogP contribution in [0.3, 0.4) is 0 Å². The third-order valence-electron chi connectivity index (χ3n) is 4.95. The van der Waals surface area contributed by atoms with Gasteiger partial charge in [0.05, 0.1) is 11.4 Å². The van der Waals surface area contributed by atoms with Crippen molar-refractivity contribution in [2.24, 2.45) is 0 Å². The second-order valence-electron chi connectivity index (χ2n) is 6.83. The zero-order valence-corrected chi connectivity index (χ0v) is 17.7. The van der Waals surface area contributed by atoms with Gasteiger partial charge < -0.3 is 5.73 Å². The van der Waals surface area contributed by atoms with E-state index >= 15 is 0 Å². The van der Waals surface area contributed by atoms with Gasteiger partial charge in [-0.15, -0.1) is 22.7 Å². The first kappa shape index (κ1) is 18.6. The van der Waals surface area contributed by atoms with Crippen LogP contribution >= 0.6 is 22.7 Å². The number of anilines is 2. The van der Waals surface area contributed by atoms with Gasteiger partial charge in [-0.05, 0) is 38.8 Å². The lowest BCUT2D eigenvalue weighted by atomic mass is 10.1. The molecule has 4 aromatic rings. The second kappa shape index (κ2) is 7.00. The van der Waals surface area contributed by atoms with Crippen molar-refractivity contribution in [1.29, 1.82) is 0 Å². The van der Waals surface area contributed by atoms with Crippen molar-refractivity contribution >= 4 is 49.6 Å². The normalized spacial score (nSPS) is 11.1. The quantitative estimate of drug-likeness (QED) is 0.470. The van der Waals surface area contributed by atoms with Gasteiger partial charge in [0.1, 0.15) is 9.71 Å². The predicted octanol–water partition coefficient (Wildman–Crippen LogP) is 5.49. The zero-order chi connectivity index (χ0) is 20.0. The number of pyridine rings is 1. The van der Waals surface area contributed by atoms with Crippen molar-refractivity contribution in [2.45, 2.75) is 27.7 Å². The molecule has 4 rings (SSSR count). The molecule has 0 aliphatic heterocycles. The summed E-state index contributed by atoms with van der Waals surface area (Å²) in [6.45, 7) is 8.06. The van der Waals surface area contributed by atoms with E-state index in [1.165, 1.54) is 28.2 Å². The number of carbonyl (C=O) groups excluding carboxylic acids is 1. The molecule has 3 N–H and O–H groups in total. The smallest absolute Gasteiger partial charge is 0.269 e. The molecular weight excluding hydrogens is 388 g/mol. The fourth-order valence-corrected chi connectivity index (χ4v) is 4.89. The minimum Gasteiger partial charge on any atom is -0.397 e. The van der Waals surface area contributed by atoms with Crippen LogP contribution < -0.4 is 11.1 Å². The molecule has 0 atom stereocenters. The van der Waals surface area contributed by atoms with Crippen LogP contribution in [0.1, 0.15) is 32.1 Å². The van der Waals surface area contributed by atoms with Gasteiger partial charge in [0.15, 0.2) is 5.13 Å². The van der Waals surface area contributed by atoms with Gasteiger partial charge in [-0.1, -0.05) is 29.8 Å². The number of rotatable bonds is 3. The molecule has 0 aliphatic carbocycles. The molecule has 5 nitrogen and oxygen atoms in total. The minimum absolute atomic E-state index is 0.250. The number of nitrogens with one attached hydrogen (secondary N) is 1. The molecule has 0 saturated carbocycles. The molecule has 0 saturated heterocycles. The van der Waals surface area contributed by atoms with Crippen LogP contribution in [-0.4, -0.2) is 15.9 Å². The van der Waals surface area contributed by atoms with Crippen molar-refractivity contribution in [2.75, 3.05) is 11.1 Å². The van der Waals surface area contributed by atoms with Crippen LogP contribution in [0.15, 0.2) is 29.6 Å². The van der Waals surface area contributed by atoms with Crippen molar-refractivity contribution in [3.05, 3.63) is 56.9 Å². The molecule has 0 aliphatic rings. The highest BCUT2D eigenvalue weighted by atomic mass is 32.1. The van der Waals surface area contributed by atoms with Crippen LogP contribution in [-0.2, 0) is 0 Å². The number of hydrogen-bond donors (Lipinski definition) is 2. The average molecular weight is 409 g/mol. The first-order valence-electron chi connectivity index (χ1n) is 8.85. The van der Waals surface area contributed by atoms with Gasteiger partial charge in [-0.25, -0.2) is 9.97 Å². The number of fused-ring (bicyclic) bond motifs is 1. The zero-order valence-electron chi connectivity index (χ0n) is 16.1. The fraction of sp³-hybridized carbons (Fsp3) is 0.190. The number of aromatic nitrogens is 2. The molecule has 0 unspecified atom stereocenters. The van der Waals surface area contributed by atoms with Crippen LogP contribution in [0.4, 0.5) is 10.8 Å². The van der Waals surface area contributed by atoms with Crippen molar-refractivity contribution < 1.29 is 4.79 Å². The largest absolute Gasteiger partial charge is 0.397 e. The Hall–Kier alpha value is -2.77. The molecule has 28 heavy (non-hydrogen) atoms. The monoisotopic (exact) mass is 408 g/mol. The maximum absolute atomic E-state index is 12.8. The number of aryl methyl sites for hydroxylation is 3. The summed E-state index contributed by atoms with van der Waals surface area (Å²) >= 11 is 2.72. The van der Waals surface area contributed by atoms with E-state index in [0.29, 0.717) is 15.7 Å². The Kier molecular flexibility index (Phi) is 4.64. The molecule has 0 spiro atoms. The molecule has 0 fully saturated rings. The SMILES string of the molecule is Cc1ccc(-c2csc(NC(=O)c3sc4nc(C)c(C)c(C)c4c3N)n2)cc1. The molecular formula is C21H20N4OS2. The summed E-state index contributed by atoms with van der Waals surface area (Å²) in [6, 6.07) is 8.15. The summed E-state index contributed by atoms with van der Waals surface area (Å²) in [5, 5.41) is 6.24. The Labute approximate surface area is 171 Å². The molecule has 1 amide bonds. The molecule has 142 valence electrons. The van der Waals surface area contributed by atoms with Crippen LogP contribution in [0.2, 0.25) is 0 Å². The van der Waals surface area contributed by atoms with E-state index in [0.717, 1.165) is 38.3 Å². The van der Waals surface area contributed by atoms with Crippen molar-refractivity contribution in [3.63, 3.8) is 0 Å². The van der Waals surface area contributed by atoms with Crippen LogP contribution in [0, 0.1) is 27.7 Å². The number of carbonyl (C=O) groups is 1. The Morgan fingerprint density at radius 3 is 2.46 bits per heavy atom. The molecule has 3 heterocycles. The molecule has 1 aromatic carbocycles. The van der Waals surface area contributed by atoms with E-state index in [1.54, 1.807) is 0 Å². The van der Waals surface area contributed by atoms with Crippen molar-refractivity contribution in [1.82, 2.24) is 9.97 Å². The van der Waals surface area contributed by atoms with Crippen LogP contribution in [0.5, 0.6) is 0 Å². The predicted molar refractivity (Wildman–Crippen MR) is 118 cm³/mol. The average Bonchev–Trinajstić information content (AvgIpc) is 3.25. The standard InChI is InChI=1S/C21H20N4OS2/c1-10-5-7-14(8-6-10)15-9-27-21(24-15)25-19(26)18-17(22)16-12(3)11(2)13(4)23-20(16)28-18/h5-9H,22H2,1-4H3,(H,24,25,26). The maximum atomic E-state index is 12.8. The number of nitrogen functional groups attached to an aromatic ring is 1. The number of benzene rings is 1. The summed E-state index contributed by atoms with van der Waals surface area (Å²) in [4.78, 5) is 23.2. The van der Waals surface area contributed by atoms with Gasteiger partial charge in [0.2, 0.25) is 0 Å². The van der Waals surface area contributed by atoms with Gasteiger partial charge in [0.25, 0.3) is 5.91 Å². The van der Waals surface area contributed by atoms with Gasteiger partial charge in [-0.2, -0.15) is 0 Å². The number of nitrogens with zero attached hydrogens (tertiary/aromatic N) is 2. The van der Waals surface area contributed by atoms with E-state index in [4.69, 9.17) is 5.73 Å². The minimum atomic E-state index is -0.250. The number of thiazole rings is 1. The Bertz CT molecular complexity index is 1210. The fourth-order valence-electron chi connectivity index (χ4n) is 3.08. The molecule has 3 aromatic heterocycles. The summed E-state index contributed by atoms with van der Waals surface area (Å²) < 4.78 is 0. The first-order valence-corrected chi connectivity index (χ1v) is 10.5. The molecule has 7 heteroatoms. The Morgan fingerprint density at radius 2 is 1.75 bits per heavy atom. The lowest BCUT2D eigenvalue weighted by Crippen LogP contribution is -2.11. The topological polar surface area (TPSA) is 80.9 Å². The molecule has 0 bridgehead atoms. The van der Waals surface area contributed by atoms with Gasteiger partial charge >= 0.3 is 0 Å². The highest BCUT2D eigenvalue weighted by Crippen LogP contribution is 2.37. The van der Waals surface area contributed by atoms with Crippen molar-refractivity contribution in [3.8, 4) is 11.3 Å². The van der Waals surface area contributed by atoms with E-state index in [2.05, 4.69) is 15.3 Å². The van der Waals surface area contributed by atoms with E-state index < -0.39 is 0 Å². The van der Waals surface area contributed by atoms with Gasteiger partial charge in [0, 0.05) is 22.0 Å². The number of nitrogens with two attached hydrogens (primary N) is 1. The third kappa shape index (κ3) is 3.16. The molecule has 0 radical (unpaired) electrons. The van der Waals surface area contributed by atoms with E-state index in [1.807, 2.05) is 57.3 Å². The highest BCUT2D eigenvalue weighted by Gasteiger charge is 2.21. The maximum Gasteiger partial charge on any atom is 0.269 e. The third-order valence-corrected chi connectivity index (χ3v) is 6.81. The lowest BCUT2D eigenvalue weighted by Gasteiger charge is -2.05. The van der Waals surface area contributed by atoms with E-state index in [9.17, 15) is 4.79 Å². The number of amides is 1. The number of hydrogen-bond acceptors (Lipinski definition) is 6. The highest BCUT2D eigenvalue weighted by molar-refractivity contribution is 7.21. The van der Waals surface area contributed by atoms with E-state index in [-0.39, 0.29) is 5.91 Å². The van der Waals surface area contributed by atoms with Gasteiger partial charge in [-0.3, -0.25) is 10.1 Å². The summed E-state index contributed by atoms with van der Waals surface area (Å²) in [5.74, 6) is -0.250. The Morgan fingerprint density at radius 1 is 1.04 bits per heavy atom. The summed E-state index contributed by atoms with van der Waals surface area (Å²) in [5.41, 5.74) is 13.0. The first-order chi connectivity index (χ1) is 13.3. The second-order valence-corrected chi connectivity index (χ2v) is 8.69. The number of thiophene rings is 1. The summed E-state index contributed by atoms with van der Waals surface area (Å²) in [6.07, 6.45) is 0. The lowest BCUT2D eigenvalue weighted by molar-refractivity contribution is 0.103. The summed E-state index contributed by atoms with van der Waals surface area (Å²) in [7, 11) is 0. The Balaban J connectivity index is 1.63.